The van der Waals surface area contributed by atoms with E-state index >= 15 is 0 Å². The van der Waals surface area contributed by atoms with Gasteiger partial charge < -0.3 is 70.6 Å². The number of nitrogens with zero attached hydrogens (tertiary/aromatic N) is 2. The summed E-state index contributed by atoms with van der Waals surface area (Å²) in [5.74, 6) is 0.144. The van der Waals surface area contributed by atoms with Gasteiger partial charge in [0, 0.05) is 70.0 Å². The van der Waals surface area contributed by atoms with Crippen molar-refractivity contribution >= 4 is 41.1 Å². The Morgan fingerprint density at radius 1 is 0.542 bits per heavy atom. The van der Waals surface area contributed by atoms with Gasteiger partial charge in [-0.3, -0.25) is 19.2 Å². The average molecular weight is 1160 g/mol. The van der Waals surface area contributed by atoms with E-state index in [1.54, 1.807) is 50.2 Å². The Morgan fingerprint density at radius 3 is 1.28 bits per heavy atom. The van der Waals surface area contributed by atoms with Crippen LogP contribution >= 0.6 is 11.6 Å². The summed E-state index contributed by atoms with van der Waals surface area (Å²) in [4.78, 5) is 56.9. The Hall–Kier alpha value is -7.52. The number of nitrogens with one attached hydrogen (secondary N) is 1. The van der Waals surface area contributed by atoms with Crippen molar-refractivity contribution in [3.05, 3.63) is 193 Å². The minimum Gasteiger partial charge on any atom is -0.554 e. The van der Waals surface area contributed by atoms with E-state index in [1.807, 2.05) is 70.5 Å². The van der Waals surface area contributed by atoms with Crippen molar-refractivity contribution < 1.29 is 74.7 Å². The van der Waals surface area contributed by atoms with Crippen molar-refractivity contribution in [2.75, 3.05) is 19.6 Å². The van der Waals surface area contributed by atoms with Gasteiger partial charge in [0.25, 0.3) is 0 Å². The van der Waals surface area contributed by atoms with Crippen LogP contribution in [0.2, 0.25) is 0 Å². The minimum atomic E-state index is -0.500. The van der Waals surface area contributed by atoms with Crippen molar-refractivity contribution in [1.29, 1.82) is 0 Å². The van der Waals surface area contributed by atoms with Crippen molar-refractivity contribution in [1.82, 2.24) is 15.1 Å². The Bertz CT molecular complexity index is 3150. The minimum absolute atomic E-state index is 0. The van der Waals surface area contributed by atoms with Gasteiger partial charge in [-0.05, 0) is 142 Å². The number of halogens is 1. The lowest BCUT2D eigenvalue weighted by atomic mass is 9.87. The fourth-order valence-electron chi connectivity index (χ4n) is 10.4. The van der Waals surface area contributed by atoms with E-state index in [1.165, 1.54) is 25.0 Å². The Balaban J connectivity index is 0.000000252. The molecule has 0 fully saturated rings. The Labute approximate surface area is 489 Å². The summed E-state index contributed by atoms with van der Waals surface area (Å²) in [6.45, 7) is 6.91. The zero-order valence-corrected chi connectivity index (χ0v) is 47.3. The molecule has 446 valence electrons. The monoisotopic (exact) mass is 1160 g/mol. The molecule has 0 aliphatic carbocycles. The van der Waals surface area contributed by atoms with Crippen LogP contribution in [0.15, 0.2) is 109 Å². The van der Waals surface area contributed by atoms with E-state index in [9.17, 15) is 54.9 Å². The highest BCUT2D eigenvalue weighted by Gasteiger charge is 2.31. The normalized spacial score (nSPS) is 15.4. The Morgan fingerprint density at radius 2 is 0.904 bits per heavy atom. The summed E-state index contributed by atoms with van der Waals surface area (Å²) < 4.78 is 5.23. The van der Waals surface area contributed by atoms with Gasteiger partial charge in [0.05, 0.1) is 51.7 Å². The van der Waals surface area contributed by atoms with Crippen LogP contribution in [-0.4, -0.2) is 99.8 Å². The summed E-state index contributed by atoms with van der Waals surface area (Å²) >= 11 is 4.64. The van der Waals surface area contributed by atoms with Crippen LogP contribution in [0.5, 0.6) is 17.2 Å². The molecule has 6 aromatic carbocycles. The molecule has 0 aromatic heterocycles. The molecular formula is C64H77ClN3O15-. The van der Waals surface area contributed by atoms with Gasteiger partial charge in [0.2, 0.25) is 17.1 Å². The highest BCUT2D eigenvalue weighted by molar-refractivity contribution is 6.62. The number of aliphatic hydroxyl groups excluding tert-OH is 6. The van der Waals surface area contributed by atoms with E-state index in [0.29, 0.717) is 48.4 Å². The molecular weight excluding hydrogens is 1090 g/mol. The Kier molecular flexibility index (Phi) is 27.5. The summed E-state index contributed by atoms with van der Waals surface area (Å²) in [6.07, 6.45) is 4.42. The number of carboxylic acid groups (broad SMARTS) is 1. The first kappa shape index (κ1) is 68.0. The van der Waals surface area contributed by atoms with Crippen LogP contribution < -0.4 is 15.2 Å². The van der Waals surface area contributed by atoms with Gasteiger partial charge in [-0.15, -0.1) is 0 Å². The number of hydrogen-bond donors (Lipinski definition) is 9. The zero-order chi connectivity index (χ0) is 60.0. The van der Waals surface area contributed by atoms with Crippen LogP contribution in [0.3, 0.4) is 0 Å². The van der Waals surface area contributed by atoms with E-state index in [-0.39, 0.29) is 93.7 Å². The molecule has 19 heteroatoms. The maximum absolute atomic E-state index is 12.2. The number of phenols is 2. The quantitative estimate of drug-likeness (QED) is 0.0280. The molecule has 0 spiro atoms. The second kappa shape index (κ2) is 33.6. The van der Waals surface area contributed by atoms with E-state index in [2.05, 4.69) is 29.1 Å². The van der Waals surface area contributed by atoms with Crippen LogP contribution in [0, 0.1) is 0 Å². The van der Waals surface area contributed by atoms with Crippen LogP contribution in [0.4, 0.5) is 0 Å². The molecule has 9 rings (SSSR count). The smallest absolute Gasteiger partial charge is 0.308 e. The number of aromatic hydroxyl groups is 2. The fourth-order valence-corrected chi connectivity index (χ4v) is 10.4. The van der Waals surface area contributed by atoms with Crippen LogP contribution in [-0.2, 0) is 102 Å². The maximum Gasteiger partial charge on any atom is 0.308 e. The van der Waals surface area contributed by atoms with Crippen LogP contribution in [0.25, 0.3) is 0 Å². The highest BCUT2D eigenvalue weighted by Crippen LogP contribution is 2.37. The summed E-state index contributed by atoms with van der Waals surface area (Å²) in [7, 11) is 0. The number of fused-ring (bicyclic) bond motifs is 3. The molecule has 2 amide bonds. The molecule has 3 atom stereocenters. The molecule has 0 bridgehead atoms. The van der Waals surface area contributed by atoms with Gasteiger partial charge in [-0.1, -0.05) is 98.4 Å². The van der Waals surface area contributed by atoms with Gasteiger partial charge in [-0.2, -0.15) is 0 Å². The van der Waals surface area contributed by atoms with Gasteiger partial charge in [0.1, 0.15) is 17.2 Å². The third-order valence-corrected chi connectivity index (χ3v) is 14.3. The SMILES string of the molecule is C.CC(=O)Cl.CC(=O)N1CCc2cc(CO)ccc2C1Cc1ccc(CO)c(O)c1.CC(=O)Oc1cc(CC2c3ccc(CO)cc3CCN2C(C)=O)ccc1CO.O=C[O-].OCc1ccc2c(c1)CCNC2Cc1ccc(CO)c(O)c1. The lowest BCUT2D eigenvalue weighted by Crippen LogP contribution is -2.39. The van der Waals surface area contributed by atoms with Gasteiger partial charge in [-0.25, -0.2) is 0 Å². The van der Waals surface area contributed by atoms with Crippen molar-refractivity contribution in [2.24, 2.45) is 0 Å². The van der Waals surface area contributed by atoms with Crippen molar-refractivity contribution in [3.8, 4) is 17.2 Å². The molecule has 6 aromatic rings. The molecule has 3 aliphatic heterocycles. The predicted molar refractivity (Wildman–Crippen MR) is 311 cm³/mol. The molecule has 3 aliphatic rings. The van der Waals surface area contributed by atoms with E-state index in [0.717, 1.165) is 87.9 Å². The van der Waals surface area contributed by atoms with Gasteiger partial charge in [0.15, 0.2) is 0 Å². The standard InChI is InChI=1S/C22H25NO5.C20H23NO4.C18H21NO3.C2H3ClO.CH2O2.CH4/c1-14(26)23-8-7-18-9-17(12-24)4-6-20(18)21(23)10-16-3-5-19(13-25)22(11-16)28-15(2)27;1-13(24)21-7-6-16-8-15(11-22)3-5-18(16)19(21)9-14-2-4-17(12-23)20(25)10-14;20-10-13-2-4-16-14(7-13)5-6-19-17(16)8-12-1-3-15(11-21)18(22)9-12;1-2(3)4;2-1-3;/h3-6,9,11,21,24-25H,7-8,10,12-13H2,1-2H3;2-5,8,10,19,22-23,25H,6-7,9,11-12H2,1H3;1-4,7,9,17,19-22H,5-6,8,10-11H2;1H3;1H,(H,2,3);1H4/p-1. The first-order valence-corrected chi connectivity index (χ1v) is 27.1. The lowest BCUT2D eigenvalue weighted by Gasteiger charge is -2.37. The summed E-state index contributed by atoms with van der Waals surface area (Å²) in [5, 5.41) is 87.1. The largest absolute Gasteiger partial charge is 0.554 e. The van der Waals surface area contributed by atoms with E-state index in [4.69, 9.17) is 19.7 Å². The van der Waals surface area contributed by atoms with Crippen molar-refractivity contribution in [2.45, 2.75) is 131 Å². The summed E-state index contributed by atoms with van der Waals surface area (Å²) in [5.41, 5.74) is 14.1. The molecule has 3 heterocycles. The molecule has 0 radical (unpaired) electrons. The number of esters is 1. The lowest BCUT2D eigenvalue weighted by molar-refractivity contribution is -0.283. The first-order valence-electron chi connectivity index (χ1n) is 26.7. The van der Waals surface area contributed by atoms with E-state index < -0.39 is 12.4 Å². The fraction of sp³-hybridized carbons (Fsp3) is 0.359. The highest BCUT2D eigenvalue weighted by atomic mass is 35.5. The number of ether oxygens (including phenoxy) is 1. The number of benzene rings is 6. The van der Waals surface area contributed by atoms with Crippen LogP contribution in [0.1, 0.15) is 137 Å². The first-order chi connectivity index (χ1) is 39.3. The molecule has 83 heavy (non-hydrogen) atoms. The number of amides is 2. The number of aliphatic hydroxyl groups is 6. The average Bonchev–Trinajstić information content (AvgIpc) is 3.62. The molecule has 9 N–H and O–H groups in total. The molecule has 3 unspecified atom stereocenters. The third kappa shape index (κ3) is 19.3. The third-order valence-electron chi connectivity index (χ3n) is 14.3. The van der Waals surface area contributed by atoms with Crippen molar-refractivity contribution in [3.63, 3.8) is 0 Å². The number of rotatable bonds is 13. The molecule has 0 saturated carbocycles. The number of carbonyl (C=O) groups is 5. The van der Waals surface area contributed by atoms with Gasteiger partial charge >= 0.3 is 5.97 Å². The predicted octanol–water partition coefficient (Wildman–Crippen LogP) is 5.93. The topological polar surface area (TPSA) is 298 Å². The second-order valence-electron chi connectivity index (χ2n) is 19.9. The second-order valence-corrected chi connectivity index (χ2v) is 20.4. The zero-order valence-electron chi connectivity index (χ0n) is 46.5. The molecule has 18 nitrogen and oxygen atoms in total. The number of carbonyl (C=O) groups excluding carboxylic acids is 5. The summed E-state index contributed by atoms with van der Waals surface area (Å²) in [6, 6.07) is 33.9. The molecule has 0 saturated heterocycles. The number of hydrogen-bond acceptors (Lipinski definition) is 16. The maximum atomic E-state index is 12.2.